The zero-order chi connectivity index (χ0) is 24.4. The number of nitrogens with zero attached hydrogens (tertiary/aromatic N) is 1. The number of benzene rings is 2. The molecule has 1 saturated carbocycles. The average molecular weight is 487 g/mol. The third-order valence-electron chi connectivity index (χ3n) is 6.37. The lowest BCUT2D eigenvalue weighted by Gasteiger charge is -2.16. The molecule has 1 N–H and O–H groups in total. The lowest BCUT2D eigenvalue weighted by Crippen LogP contribution is -2.26. The maximum Gasteiger partial charge on any atom is 0.387 e. The van der Waals surface area contributed by atoms with Crippen molar-refractivity contribution in [3.63, 3.8) is 0 Å². The molecule has 2 aliphatic rings. The van der Waals surface area contributed by atoms with Crippen LogP contribution in [-0.2, 0) is 0 Å². The van der Waals surface area contributed by atoms with E-state index in [1.807, 2.05) is 18.2 Å². The number of hydrogen-bond donors (Lipinski definition) is 1. The summed E-state index contributed by atoms with van der Waals surface area (Å²) >= 11 is 0. The van der Waals surface area contributed by atoms with Crippen molar-refractivity contribution in [2.24, 2.45) is 0 Å². The van der Waals surface area contributed by atoms with E-state index in [1.54, 1.807) is 12.3 Å². The fourth-order valence-corrected chi connectivity index (χ4v) is 4.43. The third kappa shape index (κ3) is 5.35. The van der Waals surface area contributed by atoms with Crippen molar-refractivity contribution in [3.05, 3.63) is 42.2 Å². The number of ether oxygens (including phenoxy) is 3. The maximum absolute atomic E-state index is 13.2. The summed E-state index contributed by atoms with van der Waals surface area (Å²) in [5, 5.41) is 3.58. The van der Waals surface area contributed by atoms with Crippen LogP contribution >= 0.6 is 0 Å². The van der Waals surface area contributed by atoms with Gasteiger partial charge in [-0.05, 0) is 68.6 Å². The Morgan fingerprint density at radius 2 is 1.94 bits per heavy atom. The van der Waals surface area contributed by atoms with Crippen molar-refractivity contribution in [1.29, 1.82) is 0 Å². The number of fused-ring (bicyclic) bond motifs is 1. The van der Waals surface area contributed by atoms with Gasteiger partial charge in [-0.1, -0.05) is 0 Å². The van der Waals surface area contributed by atoms with Crippen LogP contribution < -0.4 is 19.5 Å². The normalized spacial score (nSPS) is 16.1. The van der Waals surface area contributed by atoms with Gasteiger partial charge in [-0.15, -0.1) is 0 Å². The molecule has 35 heavy (non-hydrogen) atoms. The van der Waals surface area contributed by atoms with Gasteiger partial charge in [-0.3, -0.25) is 9.69 Å². The van der Waals surface area contributed by atoms with E-state index >= 15 is 0 Å². The van der Waals surface area contributed by atoms with Crippen molar-refractivity contribution in [2.45, 2.75) is 38.3 Å². The number of methoxy groups -OCH3 is 1. The molecule has 2 fully saturated rings. The van der Waals surface area contributed by atoms with Crippen LogP contribution in [0, 0.1) is 0 Å². The second kappa shape index (κ2) is 10.1. The highest BCUT2D eigenvalue weighted by Crippen LogP contribution is 2.40. The van der Waals surface area contributed by atoms with E-state index in [1.165, 1.54) is 26.0 Å². The second-order valence-corrected chi connectivity index (χ2v) is 8.88. The standard InChI is InChI=1S/C26H28F2N2O5/c1-32-22-12-16(13-23(35-26(27)28)24(22)25(31)29-17-4-5-17)20-15-34-21-14-18(6-7-19(20)21)33-11-10-30-8-2-3-9-30/h6-7,12-15,17,26H,2-5,8-11H2,1H3,(H,29,31). The molecule has 0 spiro atoms. The Hall–Kier alpha value is -3.33. The van der Waals surface area contributed by atoms with E-state index < -0.39 is 12.5 Å². The summed E-state index contributed by atoms with van der Waals surface area (Å²) in [5.41, 5.74) is 1.74. The van der Waals surface area contributed by atoms with Gasteiger partial charge in [-0.25, -0.2) is 0 Å². The van der Waals surface area contributed by atoms with Crippen molar-refractivity contribution in [3.8, 4) is 28.4 Å². The first-order chi connectivity index (χ1) is 17.0. The molecule has 186 valence electrons. The molecule has 1 amide bonds. The van der Waals surface area contributed by atoms with Crippen molar-refractivity contribution < 1.29 is 32.2 Å². The minimum absolute atomic E-state index is 0.0510. The lowest BCUT2D eigenvalue weighted by molar-refractivity contribution is -0.0502. The average Bonchev–Trinajstić information content (AvgIpc) is 3.31. The molecular formula is C26H28F2N2O5. The number of rotatable bonds is 10. The summed E-state index contributed by atoms with van der Waals surface area (Å²) in [7, 11) is 1.39. The predicted octanol–water partition coefficient (Wildman–Crippen LogP) is 5.08. The van der Waals surface area contributed by atoms with E-state index in [0.29, 0.717) is 29.1 Å². The Bertz CT molecular complexity index is 1200. The second-order valence-electron chi connectivity index (χ2n) is 8.88. The largest absolute Gasteiger partial charge is 0.496 e. The summed E-state index contributed by atoms with van der Waals surface area (Å²) in [4.78, 5) is 15.1. The van der Waals surface area contributed by atoms with Crippen molar-refractivity contribution in [2.75, 3.05) is 33.4 Å². The van der Waals surface area contributed by atoms with Gasteiger partial charge < -0.3 is 23.9 Å². The van der Waals surface area contributed by atoms with Crippen LogP contribution in [0.15, 0.2) is 41.0 Å². The fraction of sp³-hybridized carbons (Fsp3) is 0.423. The van der Waals surface area contributed by atoms with Crippen LogP contribution in [0.2, 0.25) is 0 Å². The molecule has 7 nitrogen and oxygen atoms in total. The van der Waals surface area contributed by atoms with E-state index in [4.69, 9.17) is 18.6 Å². The monoisotopic (exact) mass is 486 g/mol. The fourth-order valence-electron chi connectivity index (χ4n) is 4.43. The number of carbonyl (C=O) groups is 1. The van der Waals surface area contributed by atoms with Gasteiger partial charge in [0.2, 0.25) is 0 Å². The van der Waals surface area contributed by atoms with Gasteiger partial charge in [-0.2, -0.15) is 8.78 Å². The molecule has 0 bridgehead atoms. The zero-order valence-electron chi connectivity index (χ0n) is 19.5. The first kappa shape index (κ1) is 23.4. The van der Waals surface area contributed by atoms with Crippen LogP contribution in [0.1, 0.15) is 36.0 Å². The molecule has 9 heteroatoms. The number of nitrogens with one attached hydrogen (secondary N) is 1. The molecule has 2 aromatic carbocycles. The molecule has 1 aliphatic heterocycles. The summed E-state index contributed by atoms with van der Waals surface area (Å²) in [5.74, 6) is 0.0968. The number of halogens is 2. The number of hydrogen-bond acceptors (Lipinski definition) is 6. The minimum Gasteiger partial charge on any atom is -0.496 e. The molecule has 2 heterocycles. The van der Waals surface area contributed by atoms with Gasteiger partial charge in [0, 0.05) is 29.6 Å². The minimum atomic E-state index is -3.09. The molecule has 0 atom stereocenters. The summed E-state index contributed by atoms with van der Waals surface area (Å²) < 4.78 is 48.2. The Balaban J connectivity index is 1.42. The third-order valence-corrected chi connectivity index (χ3v) is 6.37. The van der Waals surface area contributed by atoms with E-state index in [-0.39, 0.29) is 23.1 Å². The van der Waals surface area contributed by atoms with Gasteiger partial charge in [0.15, 0.2) is 0 Å². The predicted molar refractivity (Wildman–Crippen MR) is 126 cm³/mol. The highest BCUT2D eigenvalue weighted by molar-refractivity contribution is 6.02. The number of alkyl halides is 2. The first-order valence-electron chi connectivity index (χ1n) is 11.9. The van der Waals surface area contributed by atoms with Crippen LogP contribution in [0.3, 0.4) is 0 Å². The number of amides is 1. The van der Waals surface area contributed by atoms with Crippen LogP contribution in [0.4, 0.5) is 8.78 Å². The molecule has 1 aliphatic carbocycles. The van der Waals surface area contributed by atoms with Gasteiger partial charge in [0.1, 0.15) is 35.0 Å². The highest BCUT2D eigenvalue weighted by atomic mass is 19.3. The van der Waals surface area contributed by atoms with Crippen molar-refractivity contribution in [1.82, 2.24) is 10.2 Å². The smallest absolute Gasteiger partial charge is 0.387 e. The summed E-state index contributed by atoms with van der Waals surface area (Å²) in [6.45, 7) is 0.616. The topological polar surface area (TPSA) is 73.2 Å². The Kier molecular flexibility index (Phi) is 6.77. The molecule has 0 radical (unpaired) electrons. The van der Waals surface area contributed by atoms with E-state index in [0.717, 1.165) is 37.9 Å². The quantitative estimate of drug-likeness (QED) is 0.431. The molecular weight excluding hydrogens is 458 g/mol. The molecule has 1 saturated heterocycles. The lowest BCUT2D eigenvalue weighted by atomic mass is 10.0. The zero-order valence-corrected chi connectivity index (χ0v) is 19.5. The van der Waals surface area contributed by atoms with Gasteiger partial charge >= 0.3 is 6.61 Å². The maximum atomic E-state index is 13.2. The number of carbonyl (C=O) groups excluding carboxylic acids is 1. The SMILES string of the molecule is COc1cc(-c2coc3cc(OCCN4CCCC4)ccc23)cc(OC(F)F)c1C(=O)NC1CC1. The summed E-state index contributed by atoms with van der Waals surface area (Å²) in [6.07, 6.45) is 5.75. The van der Waals surface area contributed by atoms with E-state index in [9.17, 15) is 13.6 Å². The van der Waals surface area contributed by atoms with Gasteiger partial charge in [0.25, 0.3) is 5.91 Å². The molecule has 0 unspecified atom stereocenters. The van der Waals surface area contributed by atoms with Crippen LogP contribution in [-0.4, -0.2) is 56.8 Å². The molecule has 5 rings (SSSR count). The molecule has 3 aromatic rings. The first-order valence-corrected chi connectivity index (χ1v) is 11.9. The van der Waals surface area contributed by atoms with Crippen molar-refractivity contribution >= 4 is 16.9 Å². The Morgan fingerprint density at radius 1 is 1.17 bits per heavy atom. The number of furan rings is 1. The summed E-state index contributed by atoms with van der Waals surface area (Å²) in [6, 6.07) is 8.64. The highest BCUT2D eigenvalue weighted by Gasteiger charge is 2.29. The van der Waals surface area contributed by atoms with E-state index in [2.05, 4.69) is 10.2 Å². The number of likely N-dealkylation sites (tertiary alicyclic amines) is 1. The Morgan fingerprint density at radius 3 is 2.66 bits per heavy atom. The van der Waals surface area contributed by atoms with Crippen LogP contribution in [0.25, 0.3) is 22.1 Å². The van der Waals surface area contributed by atoms with Crippen LogP contribution in [0.5, 0.6) is 17.2 Å². The molecule has 1 aromatic heterocycles. The Labute approximate surface area is 201 Å². The van der Waals surface area contributed by atoms with Gasteiger partial charge in [0.05, 0.1) is 13.4 Å².